The smallest absolute Gasteiger partial charge is 0.261 e. The van der Waals surface area contributed by atoms with Crippen LogP contribution in [0.1, 0.15) is 46.9 Å². The average molecular weight is 555 g/mol. The lowest BCUT2D eigenvalue weighted by Crippen LogP contribution is -2.46. The van der Waals surface area contributed by atoms with Gasteiger partial charge in [-0.3, -0.25) is 24.4 Å². The second-order valence-corrected chi connectivity index (χ2v) is 8.29. The van der Waals surface area contributed by atoms with E-state index in [0.717, 1.165) is 71.2 Å². The molecule has 2 fully saturated rings. The molecule has 2 saturated heterocycles. The Bertz CT molecular complexity index is 793. The van der Waals surface area contributed by atoms with Crippen LogP contribution in [0.25, 0.3) is 0 Å². The van der Waals surface area contributed by atoms with Gasteiger partial charge in [-0.05, 0) is 38.3 Å². The number of guanidine groups is 1. The minimum atomic E-state index is -0.177. The molecule has 0 saturated carbocycles. The summed E-state index contributed by atoms with van der Waals surface area (Å²) in [6, 6.07) is 7.62. The molecule has 0 aliphatic carbocycles. The highest BCUT2D eigenvalue weighted by atomic mass is 127. The molecule has 2 amide bonds. The monoisotopic (exact) mass is 555 g/mol. The van der Waals surface area contributed by atoms with Crippen molar-refractivity contribution in [3.05, 3.63) is 35.4 Å². The molecule has 1 aromatic rings. The van der Waals surface area contributed by atoms with Crippen molar-refractivity contribution in [3.63, 3.8) is 0 Å². The first kappa shape index (κ1) is 24.9. The lowest BCUT2D eigenvalue weighted by atomic mass is 10.1. The molecular weight excluding hydrogens is 521 g/mol. The number of ether oxygens (including phenoxy) is 1. The fourth-order valence-corrected chi connectivity index (χ4v) is 4.61. The van der Waals surface area contributed by atoms with Gasteiger partial charge in [-0.2, -0.15) is 0 Å². The Balaban J connectivity index is 0.00000289. The van der Waals surface area contributed by atoms with Crippen molar-refractivity contribution in [1.29, 1.82) is 0 Å². The minimum absolute atomic E-state index is 0. The number of nitrogens with zero attached hydrogens (tertiary/aromatic N) is 4. The van der Waals surface area contributed by atoms with E-state index in [9.17, 15) is 9.59 Å². The Morgan fingerprint density at radius 3 is 2.44 bits per heavy atom. The van der Waals surface area contributed by atoms with Crippen LogP contribution in [0.3, 0.4) is 0 Å². The van der Waals surface area contributed by atoms with Crippen LogP contribution in [0.15, 0.2) is 29.3 Å². The van der Waals surface area contributed by atoms with Gasteiger partial charge in [0.15, 0.2) is 5.96 Å². The van der Waals surface area contributed by atoms with Crippen LogP contribution in [-0.4, -0.2) is 97.5 Å². The number of hydrogen-bond acceptors (Lipinski definition) is 5. The minimum Gasteiger partial charge on any atom is -0.379 e. The maximum absolute atomic E-state index is 12.4. The summed E-state index contributed by atoms with van der Waals surface area (Å²) < 4.78 is 5.48. The van der Waals surface area contributed by atoms with Crippen LogP contribution in [0.2, 0.25) is 0 Å². The summed E-state index contributed by atoms with van der Waals surface area (Å²) in [5.41, 5.74) is 1.03. The number of nitrogens with one attached hydrogen (secondary N) is 1. The molecule has 0 bridgehead atoms. The van der Waals surface area contributed by atoms with Crippen LogP contribution in [-0.2, 0) is 4.74 Å². The van der Waals surface area contributed by atoms with Gasteiger partial charge in [0.05, 0.1) is 24.3 Å². The van der Waals surface area contributed by atoms with Gasteiger partial charge in [0.25, 0.3) is 11.8 Å². The van der Waals surface area contributed by atoms with Crippen LogP contribution in [0, 0.1) is 0 Å². The number of amides is 2. The zero-order chi connectivity index (χ0) is 21.6. The highest BCUT2D eigenvalue weighted by Gasteiger charge is 2.34. The van der Waals surface area contributed by atoms with Crippen molar-refractivity contribution in [3.8, 4) is 0 Å². The molecule has 1 unspecified atom stereocenters. The van der Waals surface area contributed by atoms with Crippen LogP contribution >= 0.6 is 24.0 Å². The van der Waals surface area contributed by atoms with Gasteiger partial charge >= 0.3 is 0 Å². The molecule has 3 heterocycles. The molecule has 0 radical (unpaired) electrons. The highest BCUT2D eigenvalue weighted by molar-refractivity contribution is 14.0. The second kappa shape index (κ2) is 11.9. The number of likely N-dealkylation sites (tertiary alicyclic amines) is 1. The lowest BCUT2D eigenvalue weighted by molar-refractivity contribution is 0.0195. The highest BCUT2D eigenvalue weighted by Crippen LogP contribution is 2.22. The maximum atomic E-state index is 12.4. The zero-order valence-corrected chi connectivity index (χ0v) is 21.1. The van der Waals surface area contributed by atoms with Crippen molar-refractivity contribution < 1.29 is 14.3 Å². The summed E-state index contributed by atoms with van der Waals surface area (Å²) in [5.74, 6) is 0.617. The zero-order valence-electron chi connectivity index (χ0n) is 18.8. The van der Waals surface area contributed by atoms with E-state index in [1.165, 1.54) is 4.90 Å². The third kappa shape index (κ3) is 5.60. The topological polar surface area (TPSA) is 77.5 Å². The Kier molecular flexibility index (Phi) is 9.30. The number of fused-ring (bicyclic) bond motifs is 1. The van der Waals surface area contributed by atoms with Crippen LogP contribution in [0.5, 0.6) is 0 Å². The molecule has 9 heteroatoms. The van der Waals surface area contributed by atoms with Gasteiger partial charge in [-0.1, -0.05) is 12.1 Å². The molecule has 1 atom stereocenters. The molecule has 32 heavy (non-hydrogen) atoms. The van der Waals surface area contributed by atoms with Gasteiger partial charge in [0, 0.05) is 51.9 Å². The predicted octanol–water partition coefficient (Wildman–Crippen LogP) is 2.05. The summed E-state index contributed by atoms with van der Waals surface area (Å²) in [5, 5.41) is 3.42. The molecule has 8 nitrogen and oxygen atoms in total. The lowest BCUT2D eigenvalue weighted by Gasteiger charge is -2.32. The van der Waals surface area contributed by atoms with Gasteiger partial charge in [-0.15, -0.1) is 24.0 Å². The number of unbranched alkanes of at least 4 members (excludes halogenated alkanes) is 1. The first-order valence-corrected chi connectivity index (χ1v) is 11.5. The van der Waals surface area contributed by atoms with Gasteiger partial charge in [-0.25, -0.2) is 0 Å². The summed E-state index contributed by atoms with van der Waals surface area (Å²) in [7, 11) is 0. The van der Waals surface area contributed by atoms with Gasteiger partial charge < -0.3 is 15.0 Å². The number of morpholine rings is 1. The first-order chi connectivity index (χ1) is 15.2. The Morgan fingerprint density at radius 2 is 1.78 bits per heavy atom. The molecule has 4 rings (SSSR count). The van der Waals surface area contributed by atoms with Crippen LogP contribution in [0.4, 0.5) is 0 Å². The summed E-state index contributed by atoms with van der Waals surface area (Å²) >= 11 is 0. The van der Waals surface area contributed by atoms with E-state index in [0.29, 0.717) is 30.3 Å². The summed E-state index contributed by atoms with van der Waals surface area (Å²) in [4.78, 5) is 36.0. The Labute approximate surface area is 207 Å². The number of hydrogen-bond donors (Lipinski definition) is 1. The van der Waals surface area contributed by atoms with E-state index < -0.39 is 0 Å². The Hall–Kier alpha value is -1.72. The number of carbonyl (C=O) groups excluding carboxylic acids is 2. The van der Waals surface area contributed by atoms with Crippen LogP contribution < -0.4 is 5.32 Å². The van der Waals surface area contributed by atoms with E-state index in [-0.39, 0.29) is 35.8 Å². The molecule has 0 aromatic heterocycles. The van der Waals surface area contributed by atoms with Gasteiger partial charge in [0.1, 0.15) is 0 Å². The second-order valence-electron chi connectivity index (χ2n) is 8.29. The number of benzene rings is 1. The molecule has 0 spiro atoms. The van der Waals surface area contributed by atoms with Crippen molar-refractivity contribution in [2.24, 2.45) is 4.99 Å². The number of rotatable bonds is 7. The van der Waals surface area contributed by atoms with E-state index in [2.05, 4.69) is 22.0 Å². The molecular formula is C23H34IN5O3. The summed E-state index contributed by atoms with van der Waals surface area (Å²) in [6.45, 7) is 9.78. The number of carbonyl (C=O) groups is 2. The van der Waals surface area contributed by atoms with E-state index in [1.807, 2.05) is 0 Å². The van der Waals surface area contributed by atoms with Crippen molar-refractivity contribution in [1.82, 2.24) is 20.0 Å². The number of aliphatic imine (C=N–C) groups is 1. The fraction of sp³-hybridized carbons (Fsp3) is 0.609. The third-order valence-electron chi connectivity index (χ3n) is 6.29. The van der Waals surface area contributed by atoms with Crippen molar-refractivity contribution >= 4 is 41.8 Å². The van der Waals surface area contributed by atoms with E-state index in [1.54, 1.807) is 24.3 Å². The normalized spacial score (nSPS) is 21.7. The summed E-state index contributed by atoms with van der Waals surface area (Å²) in [6.07, 6.45) is 2.75. The molecule has 3 aliphatic heterocycles. The first-order valence-electron chi connectivity index (χ1n) is 11.5. The standard InChI is InChI=1S/C23H33N5O3.HI/c1-2-24-23(27-12-9-18(17-27)26-13-15-31-16-14-26)25-10-5-6-11-28-21(29)19-7-3-4-8-20(19)22(28)30;/h3-4,7-8,18H,2,5-6,9-17H2,1H3,(H,24,25);1H. The fourth-order valence-electron chi connectivity index (χ4n) is 4.61. The molecule has 176 valence electrons. The van der Waals surface area contributed by atoms with Gasteiger partial charge in [0.2, 0.25) is 0 Å². The maximum Gasteiger partial charge on any atom is 0.261 e. The molecule has 1 N–H and O–H groups in total. The Morgan fingerprint density at radius 1 is 1.09 bits per heavy atom. The largest absolute Gasteiger partial charge is 0.379 e. The molecule has 1 aromatic carbocycles. The van der Waals surface area contributed by atoms with Crippen molar-refractivity contribution in [2.45, 2.75) is 32.2 Å². The van der Waals surface area contributed by atoms with Crippen molar-refractivity contribution in [2.75, 3.05) is 59.0 Å². The quantitative estimate of drug-likeness (QED) is 0.183. The number of imide groups is 1. The third-order valence-corrected chi connectivity index (χ3v) is 6.29. The van der Waals surface area contributed by atoms with E-state index >= 15 is 0 Å². The SMILES string of the molecule is CCNC(=NCCCCN1C(=O)c2ccccc2C1=O)N1CCC(N2CCOCC2)C1.I. The average Bonchev–Trinajstić information content (AvgIpc) is 3.38. The molecule has 3 aliphatic rings. The number of halogens is 1. The predicted molar refractivity (Wildman–Crippen MR) is 135 cm³/mol. The van der Waals surface area contributed by atoms with E-state index in [4.69, 9.17) is 9.73 Å².